The highest BCUT2D eigenvalue weighted by Crippen LogP contribution is 2.48. The van der Waals surface area contributed by atoms with Crippen molar-refractivity contribution in [2.24, 2.45) is 10.8 Å². The molecular weight excluding hydrogens is 665 g/mol. The molecule has 0 aliphatic carbocycles. The third-order valence-corrected chi connectivity index (χ3v) is 10.3. The van der Waals surface area contributed by atoms with Gasteiger partial charge in [-0.15, -0.1) is 0 Å². The lowest BCUT2D eigenvalue weighted by Crippen LogP contribution is -2.65. The van der Waals surface area contributed by atoms with Crippen molar-refractivity contribution in [1.82, 2.24) is 19.5 Å². The zero-order valence-corrected chi connectivity index (χ0v) is 33.7. The first-order chi connectivity index (χ1) is 23.7. The number of amides is 2. The van der Waals surface area contributed by atoms with Gasteiger partial charge in [0.1, 0.15) is 17.2 Å². The van der Waals surface area contributed by atoms with Crippen LogP contribution in [0.5, 0.6) is 5.75 Å². The van der Waals surface area contributed by atoms with Gasteiger partial charge in [0.25, 0.3) is 0 Å². The van der Waals surface area contributed by atoms with Crippen LogP contribution in [0.2, 0.25) is 13.1 Å². The quantitative estimate of drug-likeness (QED) is 0.231. The van der Waals surface area contributed by atoms with E-state index in [4.69, 9.17) is 24.0 Å². The molecule has 280 valence electrons. The van der Waals surface area contributed by atoms with Crippen LogP contribution in [0.4, 0.5) is 26.9 Å². The Labute approximate surface area is 304 Å². The summed E-state index contributed by atoms with van der Waals surface area (Å²) < 4.78 is 20.5. The molecule has 2 aliphatic rings. The number of hydrogen-bond donors (Lipinski definition) is 1. The van der Waals surface area contributed by atoms with Crippen LogP contribution in [0.15, 0.2) is 36.5 Å². The molecule has 1 fully saturated rings. The summed E-state index contributed by atoms with van der Waals surface area (Å²) in [6.07, 6.45) is 2.03. The number of ether oxygens (including phenoxy) is 2. The largest absolute Gasteiger partial charge is 0.494 e. The van der Waals surface area contributed by atoms with Gasteiger partial charge in [-0.3, -0.25) is 0 Å². The maximum absolute atomic E-state index is 14.4. The minimum absolute atomic E-state index is 0.197. The molecule has 2 amide bonds. The number of carboxylic acid groups (broad SMARTS) is 1. The molecule has 4 atom stereocenters. The molecule has 2 aromatic heterocycles. The van der Waals surface area contributed by atoms with E-state index in [2.05, 4.69) is 59.5 Å². The highest BCUT2D eigenvalue weighted by Gasteiger charge is 2.52. The lowest BCUT2D eigenvalue weighted by atomic mass is 9.76. The number of carbonyl (C=O) groups excluding carboxylic acids is 1. The Morgan fingerprint density at radius 1 is 1.04 bits per heavy atom. The van der Waals surface area contributed by atoms with Gasteiger partial charge >= 0.3 is 12.2 Å². The van der Waals surface area contributed by atoms with Gasteiger partial charge in [-0.25, -0.2) is 19.5 Å². The number of piperidine rings is 1. The Morgan fingerprint density at radius 3 is 2.25 bits per heavy atom. The number of likely N-dealkylation sites (tertiary alicyclic amines) is 1. The first-order valence-electron chi connectivity index (χ1n) is 18.3. The van der Waals surface area contributed by atoms with E-state index in [9.17, 15) is 14.7 Å². The number of fused-ring (bicyclic) bond motifs is 2. The fourth-order valence-corrected chi connectivity index (χ4v) is 9.04. The third-order valence-electron chi connectivity index (χ3n) is 9.50. The summed E-state index contributed by atoms with van der Waals surface area (Å²) in [7, 11) is -1.56. The fraction of sp³-hybridized carbons (Fsp3) is 0.632. The first-order valence-corrected chi connectivity index (χ1v) is 21.1. The van der Waals surface area contributed by atoms with Crippen molar-refractivity contribution in [3.8, 4) is 5.75 Å². The molecule has 2 aliphatic heterocycles. The summed E-state index contributed by atoms with van der Waals surface area (Å²) in [4.78, 5) is 38.1. The fourth-order valence-electron chi connectivity index (χ4n) is 7.87. The van der Waals surface area contributed by atoms with Crippen LogP contribution in [0.1, 0.15) is 87.6 Å². The van der Waals surface area contributed by atoms with Crippen LogP contribution in [0.25, 0.3) is 5.65 Å². The van der Waals surface area contributed by atoms with Gasteiger partial charge in [0.15, 0.2) is 20.5 Å². The Kier molecular flexibility index (Phi) is 10.8. The normalized spacial score (nSPS) is 20.5. The number of benzene rings is 1. The molecule has 1 saturated heterocycles. The predicted octanol–water partition coefficient (Wildman–Crippen LogP) is 7.90. The van der Waals surface area contributed by atoms with E-state index < -0.39 is 26.8 Å². The van der Waals surface area contributed by atoms with Crippen LogP contribution in [-0.2, 0) is 15.6 Å². The molecule has 3 aromatic rings. The summed E-state index contributed by atoms with van der Waals surface area (Å²) in [6.45, 7) is 25.8. The van der Waals surface area contributed by atoms with E-state index in [1.54, 1.807) is 20.5 Å². The molecule has 0 bridgehead atoms. The molecule has 12 nitrogen and oxygen atoms in total. The van der Waals surface area contributed by atoms with Crippen LogP contribution in [0, 0.1) is 10.8 Å². The molecule has 0 saturated carbocycles. The van der Waals surface area contributed by atoms with Crippen molar-refractivity contribution in [2.75, 3.05) is 23.0 Å². The van der Waals surface area contributed by atoms with Gasteiger partial charge in [-0.2, -0.15) is 9.61 Å². The summed E-state index contributed by atoms with van der Waals surface area (Å²) >= 11 is 0. The Balaban J connectivity index is 1.82. The van der Waals surface area contributed by atoms with Crippen LogP contribution in [-0.4, -0.2) is 88.8 Å². The van der Waals surface area contributed by atoms with Crippen LogP contribution >= 0.6 is 0 Å². The van der Waals surface area contributed by atoms with E-state index in [-0.39, 0.29) is 35.1 Å². The third kappa shape index (κ3) is 7.99. The van der Waals surface area contributed by atoms with Crippen molar-refractivity contribution in [2.45, 2.75) is 131 Å². The van der Waals surface area contributed by atoms with E-state index in [1.165, 1.54) is 0 Å². The number of rotatable bonds is 8. The summed E-state index contributed by atoms with van der Waals surface area (Å²) in [6, 6.07) is 8.52. The van der Waals surface area contributed by atoms with E-state index in [0.717, 1.165) is 24.2 Å². The topological polar surface area (TPSA) is 122 Å². The standard InChI is InChI=1S/C38H58N6O6Si/c1-13-48-25-18-16-24(17-19-25)42(35(47)49-38(8,9)10)33-26-23-28(31(37(5,6)7)50-51(11)12)43(32(26)40-29-20-21-39-44(29)33)27-15-14-22-41(34(45)46)30(27)36(2,3)4/h16-21,27-28,30-31,51H,13-15,22-23H2,1-12H3,(H,45,46)/t27?,28?,30-,31?/m1/s1. The van der Waals surface area contributed by atoms with Gasteiger partial charge in [0.2, 0.25) is 0 Å². The van der Waals surface area contributed by atoms with Gasteiger partial charge < -0.3 is 28.8 Å². The average Bonchev–Trinajstić information content (AvgIpc) is 3.63. The summed E-state index contributed by atoms with van der Waals surface area (Å²) in [5.41, 5.74) is 0.576. The first kappa shape index (κ1) is 38.4. The summed E-state index contributed by atoms with van der Waals surface area (Å²) in [5.74, 6) is 1.95. The molecule has 5 rings (SSSR count). The SMILES string of the molecule is CCOc1ccc(N(C(=O)OC(C)(C)C)c2c3c(nc4ccnn24)N(C2CCCN(C(=O)O)[C@H]2C(C)(C)C)C(C(O[SiH](C)C)C(C)(C)C)C3)cc1. The average molecular weight is 723 g/mol. The second-order valence-electron chi connectivity index (χ2n) is 17.2. The maximum atomic E-state index is 14.4. The number of aromatic nitrogens is 3. The lowest BCUT2D eigenvalue weighted by Gasteiger charge is -2.53. The van der Waals surface area contributed by atoms with Crippen LogP contribution in [0.3, 0.4) is 0 Å². The molecular formula is C38H58N6O6Si. The van der Waals surface area contributed by atoms with Gasteiger partial charge in [0.05, 0.1) is 42.7 Å². The summed E-state index contributed by atoms with van der Waals surface area (Å²) in [5, 5.41) is 15.2. The minimum atomic E-state index is -1.56. The maximum Gasteiger partial charge on any atom is 0.420 e. The second-order valence-corrected chi connectivity index (χ2v) is 19.6. The van der Waals surface area contributed by atoms with E-state index in [1.807, 2.05) is 58.0 Å². The highest BCUT2D eigenvalue weighted by molar-refractivity contribution is 6.48. The van der Waals surface area contributed by atoms with Crippen molar-refractivity contribution in [3.05, 3.63) is 42.1 Å². The van der Waals surface area contributed by atoms with Crippen molar-refractivity contribution in [1.29, 1.82) is 0 Å². The molecule has 0 radical (unpaired) electrons. The zero-order chi connectivity index (χ0) is 37.6. The van der Waals surface area contributed by atoms with Crippen LogP contribution < -0.4 is 14.5 Å². The zero-order valence-electron chi connectivity index (χ0n) is 32.6. The van der Waals surface area contributed by atoms with Crippen molar-refractivity contribution < 1.29 is 28.6 Å². The molecule has 0 spiro atoms. The number of carbonyl (C=O) groups is 2. The lowest BCUT2D eigenvalue weighted by molar-refractivity contribution is 0.0264. The minimum Gasteiger partial charge on any atom is -0.494 e. The van der Waals surface area contributed by atoms with Crippen molar-refractivity contribution >= 4 is 44.2 Å². The highest BCUT2D eigenvalue weighted by atomic mass is 28.3. The predicted molar refractivity (Wildman–Crippen MR) is 203 cm³/mol. The van der Waals surface area contributed by atoms with E-state index >= 15 is 0 Å². The Morgan fingerprint density at radius 2 is 1.71 bits per heavy atom. The number of nitrogens with zero attached hydrogens (tertiary/aromatic N) is 6. The molecule has 51 heavy (non-hydrogen) atoms. The molecule has 1 N–H and O–H groups in total. The molecule has 4 heterocycles. The Hall–Kier alpha value is -3.84. The molecule has 3 unspecified atom stereocenters. The smallest absolute Gasteiger partial charge is 0.420 e. The molecule has 1 aromatic carbocycles. The second kappa shape index (κ2) is 14.3. The van der Waals surface area contributed by atoms with Gasteiger partial charge in [-0.05, 0) is 88.7 Å². The molecule has 13 heteroatoms. The van der Waals surface area contributed by atoms with Gasteiger partial charge in [-0.1, -0.05) is 41.5 Å². The number of hydrogen-bond acceptors (Lipinski definition) is 8. The Bertz CT molecular complexity index is 1710. The monoisotopic (exact) mass is 722 g/mol. The number of anilines is 3. The van der Waals surface area contributed by atoms with Crippen molar-refractivity contribution in [3.63, 3.8) is 0 Å². The van der Waals surface area contributed by atoms with Gasteiger partial charge in [0, 0.05) is 24.6 Å². The van der Waals surface area contributed by atoms with E-state index in [0.29, 0.717) is 42.5 Å².